The summed E-state index contributed by atoms with van der Waals surface area (Å²) in [5.41, 5.74) is 0.167. The van der Waals surface area contributed by atoms with Crippen molar-refractivity contribution in [2.75, 3.05) is 25.6 Å². The molecule has 19 heavy (non-hydrogen) atoms. The summed E-state index contributed by atoms with van der Waals surface area (Å²) in [6.07, 6.45) is 0. The van der Waals surface area contributed by atoms with Crippen LogP contribution in [0.2, 0.25) is 0 Å². The van der Waals surface area contributed by atoms with Gasteiger partial charge in [-0.1, -0.05) is 20.8 Å². The normalized spacial score (nSPS) is 11.0. The van der Waals surface area contributed by atoms with Crippen LogP contribution < -0.4 is 14.8 Å². The van der Waals surface area contributed by atoms with Crippen LogP contribution in [0.4, 0.5) is 5.69 Å². The minimum absolute atomic E-state index is 0.0780. The Morgan fingerprint density at radius 3 is 2.53 bits per heavy atom. The molecule has 0 bridgehead atoms. The van der Waals surface area contributed by atoms with Gasteiger partial charge in [0.05, 0.1) is 13.7 Å². The van der Waals surface area contributed by atoms with Gasteiger partial charge in [0.2, 0.25) is 5.91 Å². The predicted molar refractivity (Wildman–Crippen MR) is 73.7 cm³/mol. The molecule has 0 radical (unpaired) electrons. The summed E-state index contributed by atoms with van der Waals surface area (Å²) >= 11 is 0. The van der Waals surface area contributed by atoms with Gasteiger partial charge in [-0.3, -0.25) is 4.79 Å². The van der Waals surface area contributed by atoms with E-state index < -0.39 is 5.41 Å². The molecule has 2 N–H and O–H groups in total. The van der Waals surface area contributed by atoms with Gasteiger partial charge in [0.25, 0.3) is 0 Å². The van der Waals surface area contributed by atoms with E-state index in [1.54, 1.807) is 18.2 Å². The number of ether oxygens (including phenoxy) is 2. The fourth-order valence-corrected chi connectivity index (χ4v) is 1.34. The molecule has 5 heteroatoms. The molecule has 0 aliphatic carbocycles. The fourth-order valence-electron chi connectivity index (χ4n) is 1.34. The number of hydrogen-bond acceptors (Lipinski definition) is 4. The van der Waals surface area contributed by atoms with E-state index in [1.807, 2.05) is 20.8 Å². The van der Waals surface area contributed by atoms with Crippen molar-refractivity contribution in [3.05, 3.63) is 18.2 Å². The average Bonchev–Trinajstić information content (AvgIpc) is 2.35. The molecule has 1 aromatic carbocycles. The topological polar surface area (TPSA) is 67.8 Å². The Morgan fingerprint density at radius 2 is 2.00 bits per heavy atom. The van der Waals surface area contributed by atoms with Crippen molar-refractivity contribution in [2.45, 2.75) is 20.8 Å². The first-order valence-electron chi connectivity index (χ1n) is 6.11. The molecule has 5 nitrogen and oxygen atoms in total. The Labute approximate surface area is 113 Å². The second-order valence-electron chi connectivity index (χ2n) is 5.14. The molecule has 0 aromatic heterocycles. The molecule has 0 aliphatic rings. The Morgan fingerprint density at radius 1 is 1.32 bits per heavy atom. The number of aliphatic hydroxyl groups excluding tert-OH is 1. The zero-order chi connectivity index (χ0) is 14.5. The summed E-state index contributed by atoms with van der Waals surface area (Å²) < 4.78 is 10.5. The second-order valence-corrected chi connectivity index (χ2v) is 5.14. The number of benzene rings is 1. The Hall–Kier alpha value is -1.75. The Balaban J connectivity index is 2.88. The zero-order valence-corrected chi connectivity index (χ0v) is 11.8. The first-order valence-corrected chi connectivity index (χ1v) is 6.11. The molecular weight excluding hydrogens is 246 g/mol. The number of aliphatic hydroxyl groups is 1. The van der Waals surface area contributed by atoms with Gasteiger partial charge in [0.1, 0.15) is 6.61 Å². The maximum Gasteiger partial charge on any atom is 0.229 e. The smallest absolute Gasteiger partial charge is 0.229 e. The summed E-state index contributed by atoms with van der Waals surface area (Å²) in [5, 5.41) is 11.6. The number of nitrogens with one attached hydrogen (secondary N) is 1. The van der Waals surface area contributed by atoms with Crippen molar-refractivity contribution < 1.29 is 19.4 Å². The van der Waals surface area contributed by atoms with E-state index in [9.17, 15) is 4.79 Å². The third-order valence-corrected chi connectivity index (χ3v) is 2.45. The van der Waals surface area contributed by atoms with Gasteiger partial charge in [-0.05, 0) is 12.1 Å². The van der Waals surface area contributed by atoms with Crippen molar-refractivity contribution >= 4 is 11.6 Å². The average molecular weight is 267 g/mol. The number of anilines is 1. The second kappa shape index (κ2) is 6.43. The number of carbonyl (C=O) groups excluding carboxylic acids is 1. The van der Waals surface area contributed by atoms with Gasteiger partial charge in [0.15, 0.2) is 11.5 Å². The summed E-state index contributed by atoms with van der Waals surface area (Å²) in [7, 11) is 1.54. The SMILES string of the molecule is COc1ccc(NC(=O)C(C)(C)C)cc1OCCO. The van der Waals surface area contributed by atoms with Crippen LogP contribution in [0.15, 0.2) is 18.2 Å². The van der Waals surface area contributed by atoms with Crippen molar-refractivity contribution in [3.63, 3.8) is 0 Å². The minimum Gasteiger partial charge on any atom is -0.493 e. The highest BCUT2D eigenvalue weighted by molar-refractivity contribution is 5.94. The van der Waals surface area contributed by atoms with Crippen LogP contribution in [-0.4, -0.2) is 31.3 Å². The Bertz CT molecular complexity index is 438. The van der Waals surface area contributed by atoms with Gasteiger partial charge < -0.3 is 19.9 Å². The lowest BCUT2D eigenvalue weighted by atomic mass is 9.95. The van der Waals surface area contributed by atoms with E-state index in [-0.39, 0.29) is 19.1 Å². The van der Waals surface area contributed by atoms with Crippen LogP contribution in [0.25, 0.3) is 0 Å². The third-order valence-electron chi connectivity index (χ3n) is 2.45. The van der Waals surface area contributed by atoms with Gasteiger partial charge >= 0.3 is 0 Å². The van der Waals surface area contributed by atoms with Crippen LogP contribution >= 0.6 is 0 Å². The number of carbonyl (C=O) groups is 1. The number of rotatable bonds is 5. The Kier molecular flexibility index (Phi) is 5.18. The molecule has 0 saturated carbocycles. The molecule has 1 aromatic rings. The summed E-state index contributed by atoms with van der Waals surface area (Å²) in [6.45, 7) is 5.62. The molecule has 0 aliphatic heterocycles. The van der Waals surface area contributed by atoms with Crippen molar-refractivity contribution in [2.24, 2.45) is 5.41 Å². The lowest BCUT2D eigenvalue weighted by Gasteiger charge is -2.18. The molecule has 0 atom stereocenters. The number of methoxy groups -OCH3 is 1. The highest BCUT2D eigenvalue weighted by Crippen LogP contribution is 2.30. The standard InChI is InChI=1S/C14H21NO4/c1-14(2,3)13(17)15-10-5-6-11(18-4)12(9-10)19-8-7-16/h5-6,9,16H,7-8H2,1-4H3,(H,15,17). The lowest BCUT2D eigenvalue weighted by molar-refractivity contribution is -0.123. The lowest BCUT2D eigenvalue weighted by Crippen LogP contribution is -2.27. The number of amides is 1. The van der Waals surface area contributed by atoms with Gasteiger partial charge in [-0.2, -0.15) is 0 Å². The molecule has 0 unspecified atom stereocenters. The molecule has 106 valence electrons. The third kappa shape index (κ3) is 4.44. The van der Waals surface area contributed by atoms with Crippen LogP contribution in [0.1, 0.15) is 20.8 Å². The van der Waals surface area contributed by atoms with E-state index in [4.69, 9.17) is 14.6 Å². The van der Waals surface area contributed by atoms with Gasteiger partial charge in [-0.25, -0.2) is 0 Å². The molecule has 0 saturated heterocycles. The summed E-state index contributed by atoms with van der Waals surface area (Å²) in [6, 6.07) is 5.14. The maximum absolute atomic E-state index is 11.9. The minimum atomic E-state index is -0.466. The molecular formula is C14H21NO4. The van der Waals surface area contributed by atoms with E-state index in [2.05, 4.69) is 5.32 Å². The molecule has 0 fully saturated rings. The van der Waals surface area contributed by atoms with Crippen LogP contribution in [0, 0.1) is 5.41 Å². The van der Waals surface area contributed by atoms with E-state index in [0.29, 0.717) is 17.2 Å². The molecule has 0 spiro atoms. The van der Waals surface area contributed by atoms with Crippen LogP contribution in [0.3, 0.4) is 0 Å². The van der Waals surface area contributed by atoms with Gasteiger partial charge in [0, 0.05) is 17.2 Å². The van der Waals surface area contributed by atoms with Gasteiger partial charge in [-0.15, -0.1) is 0 Å². The maximum atomic E-state index is 11.9. The first-order chi connectivity index (χ1) is 8.88. The monoisotopic (exact) mass is 267 g/mol. The van der Waals surface area contributed by atoms with Crippen LogP contribution in [0.5, 0.6) is 11.5 Å². The number of hydrogen-bond donors (Lipinski definition) is 2. The highest BCUT2D eigenvalue weighted by Gasteiger charge is 2.21. The quantitative estimate of drug-likeness (QED) is 0.856. The largest absolute Gasteiger partial charge is 0.493 e. The summed E-state index contributed by atoms with van der Waals surface area (Å²) in [4.78, 5) is 11.9. The molecule has 1 amide bonds. The molecule has 0 heterocycles. The van der Waals surface area contributed by atoms with Crippen LogP contribution in [-0.2, 0) is 4.79 Å². The zero-order valence-electron chi connectivity index (χ0n) is 11.8. The van der Waals surface area contributed by atoms with Crippen molar-refractivity contribution in [1.29, 1.82) is 0 Å². The van der Waals surface area contributed by atoms with E-state index in [0.717, 1.165) is 0 Å². The van der Waals surface area contributed by atoms with Crippen molar-refractivity contribution in [3.8, 4) is 11.5 Å². The molecule has 1 rings (SSSR count). The van der Waals surface area contributed by atoms with E-state index in [1.165, 1.54) is 7.11 Å². The first kappa shape index (κ1) is 15.3. The van der Waals surface area contributed by atoms with Crippen molar-refractivity contribution in [1.82, 2.24) is 0 Å². The van der Waals surface area contributed by atoms with E-state index >= 15 is 0 Å². The predicted octanol–water partition coefficient (Wildman–Crippen LogP) is 2.05. The fraction of sp³-hybridized carbons (Fsp3) is 0.500. The highest BCUT2D eigenvalue weighted by atomic mass is 16.5. The summed E-state index contributed by atoms with van der Waals surface area (Å²) in [5.74, 6) is 0.969.